The maximum atomic E-state index is 11.9. The van der Waals surface area contributed by atoms with Crippen molar-refractivity contribution in [3.8, 4) is 0 Å². The van der Waals surface area contributed by atoms with Crippen molar-refractivity contribution in [2.45, 2.75) is 39.2 Å². The average molecular weight is 228 g/mol. The van der Waals surface area contributed by atoms with Crippen LogP contribution in [0, 0.1) is 11.8 Å². The lowest BCUT2D eigenvalue weighted by Crippen LogP contribution is -2.38. The third-order valence-corrected chi connectivity index (χ3v) is 3.31. The largest absolute Gasteiger partial charge is 0.377 e. The molecule has 0 bridgehead atoms. The number of carbonyl (C=O) groups is 1. The van der Waals surface area contributed by atoms with E-state index in [1.165, 1.54) is 0 Å². The van der Waals surface area contributed by atoms with Crippen LogP contribution in [0.5, 0.6) is 0 Å². The summed E-state index contributed by atoms with van der Waals surface area (Å²) in [5, 5.41) is 2.95. The van der Waals surface area contributed by atoms with E-state index >= 15 is 0 Å². The normalized spacial score (nSPS) is 26.7. The van der Waals surface area contributed by atoms with Gasteiger partial charge in [-0.3, -0.25) is 4.79 Å². The van der Waals surface area contributed by atoms with Gasteiger partial charge in [0, 0.05) is 19.1 Å². The highest BCUT2D eigenvalue weighted by Gasteiger charge is 2.31. The van der Waals surface area contributed by atoms with Crippen LogP contribution in [0.15, 0.2) is 0 Å². The Morgan fingerprint density at radius 1 is 1.56 bits per heavy atom. The highest BCUT2D eigenvalue weighted by molar-refractivity contribution is 5.79. The molecule has 1 aliphatic rings. The van der Waals surface area contributed by atoms with Crippen molar-refractivity contribution in [2.75, 3.05) is 19.7 Å². The van der Waals surface area contributed by atoms with Gasteiger partial charge in [-0.2, -0.15) is 0 Å². The van der Waals surface area contributed by atoms with Gasteiger partial charge in [0.25, 0.3) is 0 Å². The van der Waals surface area contributed by atoms with Crippen LogP contribution >= 0.6 is 0 Å². The zero-order chi connectivity index (χ0) is 12.0. The van der Waals surface area contributed by atoms with Crippen molar-refractivity contribution >= 4 is 5.91 Å². The Balaban J connectivity index is 2.29. The minimum atomic E-state index is 0.0895. The molecule has 0 aliphatic heterocycles. The molecular formula is C12H24N2O2. The minimum Gasteiger partial charge on any atom is -0.377 e. The molecule has 0 spiro atoms. The maximum absolute atomic E-state index is 11.9. The van der Waals surface area contributed by atoms with Crippen LogP contribution in [0.1, 0.15) is 33.1 Å². The lowest BCUT2D eigenvalue weighted by Gasteiger charge is -2.19. The highest BCUT2D eigenvalue weighted by Crippen LogP contribution is 2.30. The predicted octanol–water partition coefficient (Wildman–Crippen LogP) is 0.903. The second-order valence-corrected chi connectivity index (χ2v) is 4.54. The molecule has 0 aromatic carbocycles. The average Bonchev–Trinajstić information content (AvgIpc) is 2.74. The molecule has 4 nitrogen and oxygen atoms in total. The van der Waals surface area contributed by atoms with E-state index in [1.807, 2.05) is 13.8 Å². The fourth-order valence-electron chi connectivity index (χ4n) is 2.38. The summed E-state index contributed by atoms with van der Waals surface area (Å²) >= 11 is 0. The molecule has 3 atom stereocenters. The van der Waals surface area contributed by atoms with Crippen LogP contribution in [-0.4, -0.2) is 31.7 Å². The summed E-state index contributed by atoms with van der Waals surface area (Å²) in [6, 6.07) is 0. The zero-order valence-electron chi connectivity index (χ0n) is 10.4. The molecule has 1 saturated carbocycles. The summed E-state index contributed by atoms with van der Waals surface area (Å²) < 4.78 is 5.37. The van der Waals surface area contributed by atoms with E-state index in [-0.39, 0.29) is 17.9 Å². The number of hydrogen-bond donors (Lipinski definition) is 2. The van der Waals surface area contributed by atoms with Crippen LogP contribution in [0.25, 0.3) is 0 Å². The summed E-state index contributed by atoms with van der Waals surface area (Å²) in [5.74, 6) is 0.653. The van der Waals surface area contributed by atoms with Gasteiger partial charge < -0.3 is 15.8 Å². The molecule has 0 aromatic heterocycles. The third kappa shape index (κ3) is 3.76. The summed E-state index contributed by atoms with van der Waals surface area (Å²) in [7, 11) is 0. The SMILES string of the molecule is CCOC(C)CNC(=O)C1CCCC1CN. The Bertz CT molecular complexity index is 221. The smallest absolute Gasteiger partial charge is 0.223 e. The number of ether oxygens (including phenoxy) is 1. The zero-order valence-corrected chi connectivity index (χ0v) is 10.4. The number of hydrogen-bond acceptors (Lipinski definition) is 3. The topological polar surface area (TPSA) is 64.3 Å². The molecule has 4 heteroatoms. The van der Waals surface area contributed by atoms with Gasteiger partial charge in [0.05, 0.1) is 6.10 Å². The van der Waals surface area contributed by atoms with E-state index in [0.29, 0.717) is 25.6 Å². The highest BCUT2D eigenvalue weighted by atomic mass is 16.5. The van der Waals surface area contributed by atoms with Gasteiger partial charge in [0.15, 0.2) is 0 Å². The molecule has 94 valence electrons. The van der Waals surface area contributed by atoms with Crippen LogP contribution in [0.2, 0.25) is 0 Å². The van der Waals surface area contributed by atoms with Gasteiger partial charge in [-0.25, -0.2) is 0 Å². The first-order valence-corrected chi connectivity index (χ1v) is 6.28. The number of nitrogens with two attached hydrogens (primary N) is 1. The fraction of sp³-hybridized carbons (Fsp3) is 0.917. The van der Waals surface area contributed by atoms with Gasteiger partial charge in [0.1, 0.15) is 0 Å². The lowest BCUT2D eigenvalue weighted by atomic mass is 9.95. The van der Waals surface area contributed by atoms with Gasteiger partial charge >= 0.3 is 0 Å². The standard InChI is InChI=1S/C12H24N2O2/c1-3-16-9(2)8-14-12(15)11-6-4-5-10(11)7-13/h9-11H,3-8,13H2,1-2H3,(H,14,15). The Kier molecular flexibility index (Phi) is 5.77. The number of carbonyl (C=O) groups excluding carboxylic acids is 1. The molecule has 1 rings (SSSR count). The molecule has 3 N–H and O–H groups in total. The third-order valence-electron chi connectivity index (χ3n) is 3.31. The van der Waals surface area contributed by atoms with Gasteiger partial charge in [-0.05, 0) is 39.2 Å². The van der Waals surface area contributed by atoms with Crippen molar-refractivity contribution in [3.63, 3.8) is 0 Å². The Labute approximate surface area is 97.9 Å². The van der Waals surface area contributed by atoms with E-state index in [0.717, 1.165) is 19.3 Å². The summed E-state index contributed by atoms with van der Waals surface area (Å²) in [5.41, 5.74) is 5.66. The first-order valence-electron chi connectivity index (χ1n) is 6.28. The minimum absolute atomic E-state index is 0.0895. The van der Waals surface area contributed by atoms with Crippen molar-refractivity contribution < 1.29 is 9.53 Å². The molecule has 3 unspecified atom stereocenters. The predicted molar refractivity (Wildman–Crippen MR) is 64.0 cm³/mol. The van der Waals surface area contributed by atoms with Crippen molar-refractivity contribution in [2.24, 2.45) is 17.6 Å². The Hall–Kier alpha value is -0.610. The van der Waals surface area contributed by atoms with Crippen LogP contribution in [0.4, 0.5) is 0 Å². The first-order chi connectivity index (χ1) is 7.69. The molecule has 0 aromatic rings. The molecule has 0 saturated heterocycles. The maximum Gasteiger partial charge on any atom is 0.223 e. The molecular weight excluding hydrogens is 204 g/mol. The molecule has 0 radical (unpaired) electrons. The summed E-state index contributed by atoms with van der Waals surface area (Å²) in [6.45, 7) is 5.84. The molecule has 1 amide bonds. The fourth-order valence-corrected chi connectivity index (χ4v) is 2.38. The van der Waals surface area contributed by atoms with Gasteiger partial charge in [-0.1, -0.05) is 6.42 Å². The van der Waals surface area contributed by atoms with E-state index in [1.54, 1.807) is 0 Å². The number of rotatable bonds is 6. The van der Waals surface area contributed by atoms with Gasteiger partial charge in [0.2, 0.25) is 5.91 Å². The van der Waals surface area contributed by atoms with Crippen LogP contribution in [0.3, 0.4) is 0 Å². The van der Waals surface area contributed by atoms with E-state index in [4.69, 9.17) is 10.5 Å². The number of amides is 1. The molecule has 16 heavy (non-hydrogen) atoms. The molecule has 0 heterocycles. The molecule has 1 aliphatic carbocycles. The van der Waals surface area contributed by atoms with E-state index < -0.39 is 0 Å². The second kappa shape index (κ2) is 6.86. The summed E-state index contributed by atoms with van der Waals surface area (Å²) in [6.07, 6.45) is 3.29. The quantitative estimate of drug-likeness (QED) is 0.710. The van der Waals surface area contributed by atoms with Crippen LogP contribution in [-0.2, 0) is 9.53 Å². The second-order valence-electron chi connectivity index (χ2n) is 4.54. The van der Waals surface area contributed by atoms with Crippen molar-refractivity contribution in [1.82, 2.24) is 5.32 Å². The molecule has 1 fully saturated rings. The van der Waals surface area contributed by atoms with Gasteiger partial charge in [-0.15, -0.1) is 0 Å². The van der Waals surface area contributed by atoms with Crippen molar-refractivity contribution in [3.05, 3.63) is 0 Å². The number of nitrogens with one attached hydrogen (secondary N) is 1. The van der Waals surface area contributed by atoms with Crippen molar-refractivity contribution in [1.29, 1.82) is 0 Å². The van der Waals surface area contributed by atoms with Crippen LogP contribution < -0.4 is 11.1 Å². The Morgan fingerprint density at radius 2 is 2.31 bits per heavy atom. The summed E-state index contributed by atoms with van der Waals surface area (Å²) in [4.78, 5) is 11.9. The van der Waals surface area contributed by atoms with E-state index in [9.17, 15) is 4.79 Å². The first kappa shape index (κ1) is 13.5. The lowest BCUT2D eigenvalue weighted by molar-refractivity contribution is -0.126. The monoisotopic (exact) mass is 228 g/mol. The van der Waals surface area contributed by atoms with E-state index in [2.05, 4.69) is 5.32 Å². The Morgan fingerprint density at radius 3 is 2.94 bits per heavy atom.